The van der Waals surface area contributed by atoms with Crippen LogP contribution in [0.4, 0.5) is 0 Å². The van der Waals surface area contributed by atoms with Crippen molar-refractivity contribution in [2.24, 2.45) is 0 Å². The van der Waals surface area contributed by atoms with E-state index in [0.29, 0.717) is 4.96 Å². The maximum Gasteiger partial charge on any atom is 0.271 e. The molecule has 2 fully saturated rings. The number of aromatic nitrogens is 2. The van der Waals surface area contributed by atoms with E-state index in [1.165, 1.54) is 21.9 Å². The first-order valence-corrected chi connectivity index (χ1v) is 10.6. The smallest absolute Gasteiger partial charge is 0.271 e. The van der Waals surface area contributed by atoms with Gasteiger partial charge in [0.1, 0.15) is 5.56 Å². The summed E-state index contributed by atoms with van der Waals surface area (Å²) in [6.45, 7) is 3.73. The zero-order valence-electron chi connectivity index (χ0n) is 16.1. The monoisotopic (exact) mass is 399 g/mol. The number of nitrogens with one attached hydrogen (secondary N) is 1. The number of fused-ring (bicyclic) bond motifs is 1. The maximum absolute atomic E-state index is 13.0. The van der Waals surface area contributed by atoms with Gasteiger partial charge in [-0.25, -0.2) is 4.98 Å². The fourth-order valence-electron chi connectivity index (χ4n) is 4.67. The van der Waals surface area contributed by atoms with E-state index >= 15 is 0 Å². The van der Waals surface area contributed by atoms with Gasteiger partial charge in [-0.2, -0.15) is 0 Å². The fourth-order valence-corrected chi connectivity index (χ4v) is 5.34. The van der Waals surface area contributed by atoms with Crippen LogP contribution in [0.5, 0.6) is 0 Å². The second kappa shape index (κ2) is 7.66. The Morgan fingerprint density at radius 2 is 2.36 bits per heavy atom. The summed E-state index contributed by atoms with van der Waals surface area (Å²) >= 11 is 1.37. The molecule has 1 amide bonds. The van der Waals surface area contributed by atoms with Crippen LogP contribution in [0, 0.1) is 12.3 Å². The van der Waals surface area contributed by atoms with Crippen molar-refractivity contribution in [3.05, 3.63) is 33.7 Å². The zero-order chi connectivity index (χ0) is 19.7. The lowest BCUT2D eigenvalue weighted by Gasteiger charge is -2.48. The van der Waals surface area contributed by atoms with Crippen molar-refractivity contribution in [3.8, 4) is 12.3 Å². The molecule has 0 bridgehead atoms. The molecular weight excluding hydrogens is 374 g/mol. The van der Waals surface area contributed by atoms with Crippen LogP contribution in [0.2, 0.25) is 0 Å². The van der Waals surface area contributed by atoms with Crippen LogP contribution in [-0.2, 0) is 0 Å². The highest BCUT2D eigenvalue weighted by Gasteiger charge is 2.49. The van der Waals surface area contributed by atoms with Crippen LogP contribution >= 0.6 is 11.3 Å². The van der Waals surface area contributed by atoms with Crippen LogP contribution in [0.1, 0.15) is 36.0 Å². The first-order valence-electron chi connectivity index (χ1n) is 9.68. The third-order valence-corrected chi connectivity index (χ3v) is 6.98. The fraction of sp³-hybridized carbons (Fsp3) is 0.550. The number of hydrogen-bond acceptors (Lipinski definition) is 6. The van der Waals surface area contributed by atoms with Crippen LogP contribution in [0.25, 0.3) is 4.96 Å². The summed E-state index contributed by atoms with van der Waals surface area (Å²) in [5, 5.41) is 4.95. The van der Waals surface area contributed by atoms with Gasteiger partial charge < -0.3 is 10.2 Å². The Balaban J connectivity index is 1.55. The SMILES string of the molecule is C#CCCN1CCCC2(C1)C(NC(=O)c1cnc3sccn3c1=O)CCN2C. The Labute approximate surface area is 168 Å². The number of carbonyl (C=O) groups is 1. The van der Waals surface area contributed by atoms with Crippen molar-refractivity contribution < 1.29 is 4.79 Å². The maximum atomic E-state index is 13.0. The van der Waals surface area contributed by atoms with Gasteiger partial charge in [-0.15, -0.1) is 23.7 Å². The molecule has 0 saturated carbocycles. The highest BCUT2D eigenvalue weighted by Crippen LogP contribution is 2.36. The Kier molecular flexibility index (Phi) is 5.23. The van der Waals surface area contributed by atoms with Gasteiger partial charge >= 0.3 is 0 Å². The van der Waals surface area contributed by atoms with E-state index < -0.39 is 0 Å². The van der Waals surface area contributed by atoms with Crippen molar-refractivity contribution in [2.45, 2.75) is 37.3 Å². The van der Waals surface area contributed by atoms with Crippen molar-refractivity contribution in [1.29, 1.82) is 0 Å². The third-order valence-electron chi connectivity index (χ3n) is 6.21. The summed E-state index contributed by atoms with van der Waals surface area (Å²) < 4.78 is 1.43. The standard InChI is InChI=1S/C20H25N5O2S/c1-3-4-8-24-9-5-7-20(14-24)16(6-10-23(20)2)22-17(26)15-13-21-19-25(18(15)27)11-12-28-19/h1,11-13,16H,4-10,14H2,2H3,(H,22,26). The third kappa shape index (κ3) is 3.24. The lowest BCUT2D eigenvalue weighted by atomic mass is 9.82. The van der Waals surface area contributed by atoms with E-state index in [1.807, 2.05) is 0 Å². The Morgan fingerprint density at radius 3 is 3.18 bits per heavy atom. The van der Waals surface area contributed by atoms with E-state index in [4.69, 9.17) is 6.42 Å². The molecule has 1 N–H and O–H groups in total. The van der Waals surface area contributed by atoms with E-state index in [-0.39, 0.29) is 28.6 Å². The van der Waals surface area contributed by atoms with Gasteiger partial charge in [-0.1, -0.05) is 0 Å². The largest absolute Gasteiger partial charge is 0.347 e. The number of carbonyl (C=O) groups excluding carboxylic acids is 1. The van der Waals surface area contributed by atoms with Crippen molar-refractivity contribution in [2.75, 3.05) is 33.2 Å². The Hall–Kier alpha value is -2.21. The van der Waals surface area contributed by atoms with Gasteiger partial charge in [0.25, 0.3) is 11.5 Å². The molecule has 2 unspecified atom stereocenters. The molecule has 8 heteroatoms. The predicted octanol–water partition coefficient (Wildman–Crippen LogP) is 1.05. The average Bonchev–Trinajstić information content (AvgIpc) is 3.28. The van der Waals surface area contributed by atoms with Crippen molar-refractivity contribution in [1.82, 2.24) is 24.5 Å². The second-order valence-corrected chi connectivity index (χ2v) is 8.58. The van der Waals surface area contributed by atoms with E-state index in [0.717, 1.165) is 51.9 Å². The number of rotatable bonds is 4. The molecular formula is C20H25N5O2S. The number of amides is 1. The van der Waals surface area contributed by atoms with Crippen LogP contribution in [-0.4, -0.2) is 69.9 Å². The summed E-state index contributed by atoms with van der Waals surface area (Å²) in [5.41, 5.74) is -0.331. The number of hydrogen-bond donors (Lipinski definition) is 1. The molecule has 28 heavy (non-hydrogen) atoms. The van der Waals surface area contributed by atoms with Gasteiger partial charge in [-0.3, -0.25) is 18.9 Å². The van der Waals surface area contributed by atoms with Crippen LogP contribution in [0.15, 0.2) is 22.6 Å². The molecule has 1 spiro atoms. The van der Waals surface area contributed by atoms with E-state index in [1.54, 1.807) is 11.6 Å². The molecule has 2 aliphatic rings. The van der Waals surface area contributed by atoms with E-state index in [2.05, 4.69) is 33.1 Å². The van der Waals surface area contributed by atoms with Crippen molar-refractivity contribution in [3.63, 3.8) is 0 Å². The lowest BCUT2D eigenvalue weighted by molar-refractivity contribution is 0.0396. The zero-order valence-corrected chi connectivity index (χ0v) is 16.9. The first kappa shape index (κ1) is 19.1. The quantitative estimate of drug-likeness (QED) is 0.779. The van der Waals surface area contributed by atoms with Gasteiger partial charge in [0.2, 0.25) is 0 Å². The molecule has 148 valence electrons. The van der Waals surface area contributed by atoms with Crippen LogP contribution < -0.4 is 10.9 Å². The van der Waals surface area contributed by atoms with E-state index in [9.17, 15) is 9.59 Å². The molecule has 0 aliphatic carbocycles. The summed E-state index contributed by atoms with van der Waals surface area (Å²) in [7, 11) is 2.13. The summed E-state index contributed by atoms with van der Waals surface area (Å²) in [5.74, 6) is 2.39. The average molecular weight is 400 g/mol. The van der Waals surface area contributed by atoms with Crippen molar-refractivity contribution >= 4 is 22.2 Å². The number of thiazole rings is 1. The molecule has 0 radical (unpaired) electrons. The highest BCUT2D eigenvalue weighted by atomic mass is 32.1. The molecule has 2 aromatic heterocycles. The normalized spacial score (nSPS) is 25.9. The number of likely N-dealkylation sites (N-methyl/N-ethyl adjacent to an activating group) is 1. The Morgan fingerprint density at radius 1 is 1.50 bits per heavy atom. The number of nitrogens with zero attached hydrogens (tertiary/aromatic N) is 4. The summed E-state index contributed by atoms with van der Waals surface area (Å²) in [6.07, 6.45) is 12.2. The Bertz CT molecular complexity index is 977. The predicted molar refractivity (Wildman–Crippen MR) is 110 cm³/mol. The summed E-state index contributed by atoms with van der Waals surface area (Å²) in [6, 6.07) is 0.00112. The minimum Gasteiger partial charge on any atom is -0.347 e. The van der Waals surface area contributed by atoms with Gasteiger partial charge in [0.15, 0.2) is 4.96 Å². The number of likely N-dealkylation sites (tertiary alicyclic amines) is 2. The topological polar surface area (TPSA) is 70.0 Å². The highest BCUT2D eigenvalue weighted by molar-refractivity contribution is 7.15. The molecule has 2 aliphatic heterocycles. The molecule has 0 aromatic carbocycles. The lowest BCUT2D eigenvalue weighted by Crippen LogP contribution is -2.63. The first-order chi connectivity index (χ1) is 13.5. The molecule has 2 aromatic rings. The number of piperidine rings is 1. The molecule has 4 heterocycles. The molecule has 7 nitrogen and oxygen atoms in total. The molecule has 2 atom stereocenters. The second-order valence-electron chi connectivity index (χ2n) is 7.71. The molecule has 2 saturated heterocycles. The minimum atomic E-state index is -0.335. The van der Waals surface area contributed by atoms with Gasteiger partial charge in [-0.05, 0) is 32.9 Å². The molecule has 4 rings (SSSR count). The van der Waals surface area contributed by atoms with Crippen LogP contribution in [0.3, 0.4) is 0 Å². The minimum absolute atomic E-state index is 0.00112. The summed E-state index contributed by atoms with van der Waals surface area (Å²) in [4.78, 5) is 35.2. The van der Waals surface area contributed by atoms with Gasteiger partial charge in [0, 0.05) is 49.9 Å². The number of terminal acetylenes is 1. The van der Waals surface area contributed by atoms with Gasteiger partial charge in [0.05, 0.1) is 5.54 Å².